The van der Waals surface area contributed by atoms with Gasteiger partial charge in [-0.3, -0.25) is 4.79 Å². The molecule has 0 bridgehead atoms. The zero-order valence-corrected chi connectivity index (χ0v) is 16.3. The molecule has 2 aromatic rings. The topological polar surface area (TPSA) is 75.7 Å². The number of nitrogens with one attached hydrogen (secondary N) is 1. The Kier molecular flexibility index (Phi) is 6.13. The van der Waals surface area contributed by atoms with Crippen LogP contribution in [-0.2, 0) is 14.8 Å². The molecule has 0 radical (unpaired) electrons. The lowest BCUT2D eigenvalue weighted by atomic mass is 9.97. The number of carbonyl (C=O) groups is 1. The van der Waals surface area contributed by atoms with Crippen LogP contribution in [0.5, 0.6) is 5.75 Å². The Morgan fingerprint density at radius 2 is 1.72 bits per heavy atom. The molecule has 1 aliphatic rings. The Balaban J connectivity index is 1.63. The van der Waals surface area contributed by atoms with E-state index in [1.54, 1.807) is 0 Å². The Morgan fingerprint density at radius 1 is 1.03 bits per heavy atom. The number of amides is 1. The van der Waals surface area contributed by atoms with Crippen molar-refractivity contribution in [1.82, 2.24) is 4.31 Å². The number of anilines is 1. The van der Waals surface area contributed by atoms with E-state index in [1.165, 1.54) is 19.2 Å². The van der Waals surface area contributed by atoms with E-state index in [2.05, 4.69) is 5.32 Å². The molecule has 1 aliphatic heterocycles. The smallest absolute Gasteiger partial charge is 0.243 e. The van der Waals surface area contributed by atoms with Crippen LogP contribution < -0.4 is 10.1 Å². The van der Waals surface area contributed by atoms with Gasteiger partial charge < -0.3 is 10.1 Å². The van der Waals surface area contributed by atoms with E-state index in [0.717, 1.165) is 22.5 Å². The molecule has 1 heterocycles. The van der Waals surface area contributed by atoms with Crippen LogP contribution in [0.15, 0.2) is 41.3 Å². The summed E-state index contributed by atoms with van der Waals surface area (Å²) in [6, 6.07) is 6.44. The lowest BCUT2D eigenvalue weighted by Crippen LogP contribution is -2.41. The standard InChI is InChI=1S/C19H19F3N2O4S/c1-28-18-5-2-13(10-17(18)22)23-19(25)12-6-8-24(9-7-12)29(26,27)14-3-4-15(20)16(21)11-14/h2-5,10-12H,6-9H2,1H3,(H,23,25). The first kappa shape index (κ1) is 21.1. The second-order valence-corrected chi connectivity index (χ2v) is 8.53. The van der Waals surface area contributed by atoms with Gasteiger partial charge in [-0.15, -0.1) is 0 Å². The summed E-state index contributed by atoms with van der Waals surface area (Å²) in [6.07, 6.45) is 0.487. The quantitative estimate of drug-likeness (QED) is 0.794. The molecule has 156 valence electrons. The van der Waals surface area contributed by atoms with Crippen molar-refractivity contribution in [3.05, 3.63) is 53.8 Å². The predicted molar refractivity (Wildman–Crippen MR) is 99.4 cm³/mol. The number of hydrogen-bond donors (Lipinski definition) is 1. The largest absolute Gasteiger partial charge is 0.494 e. The van der Waals surface area contributed by atoms with Gasteiger partial charge in [0, 0.05) is 30.8 Å². The second-order valence-electron chi connectivity index (χ2n) is 6.59. The van der Waals surface area contributed by atoms with Gasteiger partial charge in [-0.25, -0.2) is 21.6 Å². The number of sulfonamides is 1. The minimum absolute atomic E-state index is 0.0520. The lowest BCUT2D eigenvalue weighted by molar-refractivity contribution is -0.120. The monoisotopic (exact) mass is 428 g/mol. The Bertz CT molecular complexity index is 1020. The van der Waals surface area contributed by atoms with Crippen molar-refractivity contribution in [1.29, 1.82) is 0 Å². The Morgan fingerprint density at radius 3 is 2.31 bits per heavy atom. The van der Waals surface area contributed by atoms with Gasteiger partial charge in [0.2, 0.25) is 15.9 Å². The zero-order chi connectivity index (χ0) is 21.2. The van der Waals surface area contributed by atoms with Crippen LogP contribution in [0.3, 0.4) is 0 Å². The highest BCUT2D eigenvalue weighted by molar-refractivity contribution is 7.89. The highest BCUT2D eigenvalue weighted by Gasteiger charge is 2.32. The van der Waals surface area contributed by atoms with Crippen LogP contribution in [0.2, 0.25) is 0 Å². The molecule has 29 heavy (non-hydrogen) atoms. The van der Waals surface area contributed by atoms with Crippen LogP contribution in [0.4, 0.5) is 18.9 Å². The highest BCUT2D eigenvalue weighted by Crippen LogP contribution is 2.26. The number of halogens is 3. The molecule has 0 unspecified atom stereocenters. The van der Waals surface area contributed by atoms with E-state index in [4.69, 9.17) is 4.74 Å². The number of rotatable bonds is 5. The molecular weight excluding hydrogens is 409 g/mol. The summed E-state index contributed by atoms with van der Waals surface area (Å²) in [7, 11) is -2.66. The van der Waals surface area contributed by atoms with Gasteiger partial charge in [-0.2, -0.15) is 4.31 Å². The average molecular weight is 428 g/mol. The molecular formula is C19H19F3N2O4S. The molecule has 1 fully saturated rings. The highest BCUT2D eigenvalue weighted by atomic mass is 32.2. The number of ether oxygens (including phenoxy) is 1. The third kappa shape index (κ3) is 4.54. The molecule has 10 heteroatoms. The van der Waals surface area contributed by atoms with Gasteiger partial charge in [-0.05, 0) is 43.2 Å². The summed E-state index contributed by atoms with van der Waals surface area (Å²) in [5, 5.41) is 2.61. The first-order valence-electron chi connectivity index (χ1n) is 8.82. The number of nitrogens with zero attached hydrogens (tertiary/aromatic N) is 1. The Hall–Kier alpha value is -2.59. The van der Waals surface area contributed by atoms with E-state index >= 15 is 0 Å². The predicted octanol–water partition coefficient (Wildman–Crippen LogP) is 3.15. The molecule has 1 amide bonds. The van der Waals surface area contributed by atoms with E-state index in [9.17, 15) is 26.4 Å². The minimum Gasteiger partial charge on any atom is -0.494 e. The van der Waals surface area contributed by atoms with Gasteiger partial charge in [0.1, 0.15) is 0 Å². The molecule has 0 saturated carbocycles. The van der Waals surface area contributed by atoms with Gasteiger partial charge in [-0.1, -0.05) is 0 Å². The van der Waals surface area contributed by atoms with Crippen LogP contribution in [0.25, 0.3) is 0 Å². The maximum absolute atomic E-state index is 13.7. The summed E-state index contributed by atoms with van der Waals surface area (Å²) < 4.78 is 71.3. The lowest BCUT2D eigenvalue weighted by Gasteiger charge is -2.30. The second kappa shape index (κ2) is 8.42. The van der Waals surface area contributed by atoms with E-state index in [0.29, 0.717) is 6.07 Å². The summed E-state index contributed by atoms with van der Waals surface area (Å²) in [5.74, 6) is -3.74. The average Bonchev–Trinajstić information content (AvgIpc) is 2.70. The molecule has 0 aliphatic carbocycles. The zero-order valence-electron chi connectivity index (χ0n) is 15.5. The number of hydrogen-bond acceptors (Lipinski definition) is 4. The minimum atomic E-state index is -3.99. The number of methoxy groups -OCH3 is 1. The fraction of sp³-hybridized carbons (Fsp3) is 0.316. The maximum Gasteiger partial charge on any atom is 0.243 e. The first-order chi connectivity index (χ1) is 13.7. The van der Waals surface area contributed by atoms with Crippen molar-refractivity contribution >= 4 is 21.6 Å². The van der Waals surface area contributed by atoms with Crippen molar-refractivity contribution in [3.8, 4) is 5.75 Å². The molecule has 2 aromatic carbocycles. The third-order valence-corrected chi connectivity index (χ3v) is 6.67. The van der Waals surface area contributed by atoms with Crippen molar-refractivity contribution in [2.75, 3.05) is 25.5 Å². The van der Waals surface area contributed by atoms with Gasteiger partial charge in [0.05, 0.1) is 12.0 Å². The van der Waals surface area contributed by atoms with Crippen molar-refractivity contribution in [3.63, 3.8) is 0 Å². The molecule has 3 rings (SSSR count). The molecule has 6 nitrogen and oxygen atoms in total. The third-order valence-electron chi connectivity index (χ3n) is 4.77. The van der Waals surface area contributed by atoms with E-state index in [-0.39, 0.29) is 48.2 Å². The first-order valence-corrected chi connectivity index (χ1v) is 10.3. The van der Waals surface area contributed by atoms with Gasteiger partial charge >= 0.3 is 0 Å². The summed E-state index contributed by atoms with van der Waals surface area (Å²) in [6.45, 7) is 0.104. The van der Waals surface area contributed by atoms with E-state index < -0.39 is 33.4 Å². The summed E-state index contributed by atoms with van der Waals surface area (Å²) in [5.41, 5.74) is 0.269. The molecule has 1 saturated heterocycles. The van der Waals surface area contributed by atoms with Crippen LogP contribution in [0, 0.1) is 23.4 Å². The van der Waals surface area contributed by atoms with E-state index in [1.807, 2.05) is 0 Å². The van der Waals surface area contributed by atoms with Crippen LogP contribution >= 0.6 is 0 Å². The molecule has 0 aromatic heterocycles. The van der Waals surface area contributed by atoms with Crippen molar-refractivity contribution < 1.29 is 31.1 Å². The number of piperidine rings is 1. The Labute approximate surface area is 166 Å². The van der Waals surface area contributed by atoms with Gasteiger partial charge in [0.15, 0.2) is 23.2 Å². The maximum atomic E-state index is 13.7. The summed E-state index contributed by atoms with van der Waals surface area (Å²) in [4.78, 5) is 12.1. The fourth-order valence-corrected chi connectivity index (χ4v) is 4.62. The summed E-state index contributed by atoms with van der Waals surface area (Å²) >= 11 is 0. The van der Waals surface area contributed by atoms with Gasteiger partial charge in [0.25, 0.3) is 0 Å². The van der Waals surface area contributed by atoms with Crippen LogP contribution in [-0.4, -0.2) is 38.8 Å². The molecule has 0 atom stereocenters. The number of benzene rings is 2. The SMILES string of the molecule is COc1ccc(NC(=O)C2CCN(S(=O)(=O)c3ccc(F)c(F)c3)CC2)cc1F. The molecule has 1 N–H and O–H groups in total. The fourth-order valence-electron chi connectivity index (χ4n) is 3.13. The van der Waals surface area contributed by atoms with Crippen molar-refractivity contribution in [2.24, 2.45) is 5.92 Å². The normalized spacial score (nSPS) is 15.9. The van der Waals surface area contributed by atoms with Crippen molar-refractivity contribution in [2.45, 2.75) is 17.7 Å². The number of carbonyl (C=O) groups excluding carboxylic acids is 1. The molecule has 0 spiro atoms. The van der Waals surface area contributed by atoms with Crippen LogP contribution in [0.1, 0.15) is 12.8 Å².